The first-order valence-electron chi connectivity index (χ1n) is 6.99. The normalized spacial score (nSPS) is 12.4. The monoisotopic (exact) mass is 424 g/mol. The highest BCUT2D eigenvalue weighted by Gasteiger charge is 2.33. The Hall–Kier alpha value is -1.59. The minimum atomic E-state index is -1.07. The Balaban J connectivity index is 6.77. The summed E-state index contributed by atoms with van der Waals surface area (Å²) >= 11 is 9.29. The van der Waals surface area contributed by atoms with E-state index in [0.29, 0.717) is 11.5 Å². The average molecular weight is 425 g/mol. The van der Waals surface area contributed by atoms with E-state index in [4.69, 9.17) is 4.74 Å². The predicted molar refractivity (Wildman–Crippen MR) is 102 cm³/mol. The lowest BCUT2D eigenvalue weighted by Crippen LogP contribution is -2.24. The third-order valence-corrected chi connectivity index (χ3v) is 4.78. The molecule has 0 amide bonds. The van der Waals surface area contributed by atoms with Gasteiger partial charge in [-0.1, -0.05) is 0 Å². The van der Waals surface area contributed by atoms with Gasteiger partial charge in [0.25, 0.3) is 0 Å². The molecule has 8 nitrogen and oxygen atoms in total. The molecule has 0 heterocycles. The van der Waals surface area contributed by atoms with E-state index in [2.05, 4.69) is 39.5 Å². The van der Waals surface area contributed by atoms with Gasteiger partial charge < -0.3 is 18.9 Å². The Morgan fingerprint density at radius 1 is 0.769 bits per heavy atom. The van der Waals surface area contributed by atoms with E-state index in [1.54, 1.807) is 0 Å². The molecule has 0 spiro atoms. The van der Waals surface area contributed by atoms with Gasteiger partial charge in [-0.3, -0.25) is 0 Å². The number of thiol groups is 2. The Kier molecular flexibility index (Phi) is 11.9. The fourth-order valence-corrected chi connectivity index (χ4v) is 3.11. The van der Waals surface area contributed by atoms with Gasteiger partial charge in [0.15, 0.2) is 0 Å². The van der Waals surface area contributed by atoms with Crippen LogP contribution in [0.2, 0.25) is 0 Å². The molecule has 0 radical (unpaired) electrons. The summed E-state index contributed by atoms with van der Waals surface area (Å²) in [5, 5.41) is 0. The molecule has 0 saturated carbocycles. The lowest BCUT2D eigenvalue weighted by Gasteiger charge is -2.15. The van der Waals surface area contributed by atoms with Crippen molar-refractivity contribution in [3.63, 3.8) is 0 Å². The van der Waals surface area contributed by atoms with Crippen molar-refractivity contribution in [2.75, 3.05) is 45.7 Å². The van der Waals surface area contributed by atoms with E-state index in [1.807, 2.05) is 0 Å². The summed E-state index contributed by atoms with van der Waals surface area (Å²) in [4.78, 5) is 48.1. The number of carbonyl (C=O) groups excluding carboxylic acids is 4. The minimum absolute atomic E-state index is 0.000388. The number of carbonyl (C=O) groups is 4. The van der Waals surface area contributed by atoms with E-state index < -0.39 is 39.9 Å². The van der Waals surface area contributed by atoms with Gasteiger partial charge in [0, 0.05) is 11.5 Å². The Labute approximate surface area is 166 Å². The Bertz CT molecular complexity index is 624. The smallest absolute Gasteiger partial charge is 0.344 e. The van der Waals surface area contributed by atoms with Gasteiger partial charge in [-0.15, -0.1) is 12.6 Å². The fourth-order valence-electron chi connectivity index (χ4n) is 1.69. The number of methoxy groups -OCH3 is 4. The first-order chi connectivity index (χ1) is 12.3. The second-order valence-corrected chi connectivity index (χ2v) is 6.32. The maximum absolute atomic E-state index is 12.3. The van der Waals surface area contributed by atoms with Gasteiger partial charge in [-0.05, 0) is 5.75 Å². The van der Waals surface area contributed by atoms with E-state index in [1.165, 1.54) is 11.8 Å². The molecule has 11 heteroatoms. The molecule has 0 fully saturated rings. The number of thioether (sulfide) groups is 1. The van der Waals surface area contributed by atoms with Crippen LogP contribution in [0.1, 0.15) is 0 Å². The summed E-state index contributed by atoms with van der Waals surface area (Å²) in [7, 11) is 4.29. The second-order valence-electron chi connectivity index (χ2n) is 4.32. The molecule has 146 valence electrons. The van der Waals surface area contributed by atoms with Crippen LogP contribution in [0.4, 0.5) is 0 Å². The zero-order valence-electron chi connectivity index (χ0n) is 14.7. The molecule has 0 aliphatic heterocycles. The molecule has 26 heavy (non-hydrogen) atoms. The SMILES string of the molecule is COC(=O)/C(S)=C(C(=O)OC)/C(C(=O)OC)=C(\CSCCS)C(=O)OC. The number of hydrogen-bond donors (Lipinski definition) is 2. The van der Waals surface area contributed by atoms with Crippen molar-refractivity contribution >= 4 is 60.9 Å². The summed E-state index contributed by atoms with van der Waals surface area (Å²) in [5.74, 6) is -2.90. The van der Waals surface area contributed by atoms with Gasteiger partial charge in [0.1, 0.15) is 4.91 Å². The molecule has 0 saturated heterocycles. The third kappa shape index (κ3) is 6.61. The molecule has 0 rings (SSSR count). The second kappa shape index (κ2) is 12.7. The number of esters is 4. The summed E-state index contributed by atoms with van der Waals surface area (Å²) in [6.45, 7) is 0. The third-order valence-electron chi connectivity index (χ3n) is 2.86. The summed E-state index contributed by atoms with van der Waals surface area (Å²) in [6.07, 6.45) is 0. The predicted octanol–water partition coefficient (Wildman–Crippen LogP) is 0.822. The Morgan fingerprint density at radius 3 is 1.65 bits per heavy atom. The van der Waals surface area contributed by atoms with Crippen molar-refractivity contribution in [1.29, 1.82) is 0 Å². The van der Waals surface area contributed by atoms with Gasteiger partial charge in [-0.25, -0.2) is 19.2 Å². The van der Waals surface area contributed by atoms with E-state index in [0.717, 1.165) is 28.4 Å². The maximum atomic E-state index is 12.3. The van der Waals surface area contributed by atoms with E-state index in [9.17, 15) is 19.2 Å². The van der Waals surface area contributed by atoms with Crippen molar-refractivity contribution < 1.29 is 38.1 Å². The zero-order chi connectivity index (χ0) is 20.3. The first kappa shape index (κ1) is 24.4. The van der Waals surface area contributed by atoms with Crippen molar-refractivity contribution in [3.05, 3.63) is 21.6 Å². The largest absolute Gasteiger partial charge is 0.466 e. The number of ether oxygens (including phenoxy) is 4. The van der Waals surface area contributed by atoms with Crippen LogP contribution in [-0.4, -0.2) is 69.6 Å². The topological polar surface area (TPSA) is 105 Å². The quantitative estimate of drug-likeness (QED) is 0.139. The minimum Gasteiger partial charge on any atom is -0.466 e. The molecule has 0 aromatic carbocycles. The standard InChI is InChI=1S/C15H20O8S3/c1-20-12(16)8(7-26-6-5-24)9(13(17)21-2)10(14(18)22-3)11(25)15(19)23-4/h24-25H,5-7H2,1-4H3/b9-8-,11-10+. The number of hydrogen-bond acceptors (Lipinski definition) is 11. The molecule has 0 aromatic rings. The molecule has 0 aliphatic rings. The summed E-state index contributed by atoms with van der Waals surface area (Å²) < 4.78 is 18.5. The van der Waals surface area contributed by atoms with Crippen LogP contribution in [0.5, 0.6) is 0 Å². The van der Waals surface area contributed by atoms with Crippen LogP contribution in [0, 0.1) is 0 Å². The van der Waals surface area contributed by atoms with Gasteiger partial charge >= 0.3 is 23.9 Å². The first-order valence-corrected chi connectivity index (χ1v) is 9.22. The van der Waals surface area contributed by atoms with Crippen molar-refractivity contribution in [1.82, 2.24) is 0 Å². The lowest BCUT2D eigenvalue weighted by atomic mass is 9.99. The van der Waals surface area contributed by atoms with Crippen molar-refractivity contribution in [2.45, 2.75) is 0 Å². The Morgan fingerprint density at radius 2 is 1.23 bits per heavy atom. The van der Waals surface area contributed by atoms with Gasteiger partial charge in [0.2, 0.25) is 0 Å². The molecule has 0 unspecified atom stereocenters. The maximum Gasteiger partial charge on any atom is 0.344 e. The molecule has 0 aromatic heterocycles. The average Bonchev–Trinajstić information content (AvgIpc) is 2.67. The van der Waals surface area contributed by atoms with Crippen LogP contribution in [0.3, 0.4) is 0 Å². The van der Waals surface area contributed by atoms with Crippen LogP contribution in [0.15, 0.2) is 21.6 Å². The summed E-state index contributed by atoms with van der Waals surface area (Å²) in [5.41, 5.74) is -1.21. The molecule has 0 bridgehead atoms. The van der Waals surface area contributed by atoms with Crippen LogP contribution in [0.25, 0.3) is 0 Å². The highest BCUT2D eigenvalue weighted by Crippen LogP contribution is 2.27. The van der Waals surface area contributed by atoms with Crippen molar-refractivity contribution in [2.24, 2.45) is 0 Å². The van der Waals surface area contributed by atoms with Gasteiger partial charge in [0.05, 0.1) is 45.2 Å². The highest BCUT2D eigenvalue weighted by atomic mass is 32.2. The number of rotatable bonds is 9. The fraction of sp³-hybridized carbons (Fsp3) is 0.467. The van der Waals surface area contributed by atoms with Gasteiger partial charge in [-0.2, -0.15) is 24.4 Å². The molecule has 0 atom stereocenters. The van der Waals surface area contributed by atoms with Crippen LogP contribution >= 0.6 is 37.0 Å². The molecule has 0 aliphatic carbocycles. The lowest BCUT2D eigenvalue weighted by molar-refractivity contribution is -0.141. The zero-order valence-corrected chi connectivity index (χ0v) is 17.3. The molecular formula is C15H20O8S3. The summed E-state index contributed by atoms with van der Waals surface area (Å²) in [6, 6.07) is 0. The highest BCUT2D eigenvalue weighted by molar-refractivity contribution is 8.00. The van der Waals surface area contributed by atoms with E-state index in [-0.39, 0.29) is 11.3 Å². The van der Waals surface area contributed by atoms with Crippen LogP contribution < -0.4 is 0 Å². The van der Waals surface area contributed by atoms with E-state index >= 15 is 0 Å². The molecule has 0 N–H and O–H groups in total. The van der Waals surface area contributed by atoms with Crippen molar-refractivity contribution in [3.8, 4) is 0 Å². The molecular weight excluding hydrogens is 404 g/mol. The van der Waals surface area contributed by atoms with Crippen LogP contribution in [-0.2, 0) is 38.1 Å².